The van der Waals surface area contributed by atoms with Gasteiger partial charge < -0.3 is 34.0 Å². The molecule has 0 spiro atoms. The Labute approximate surface area is 265 Å². The minimum absolute atomic E-state index is 0.0695. The topological polar surface area (TPSA) is 116 Å². The van der Waals surface area contributed by atoms with E-state index in [0.29, 0.717) is 26.0 Å². The molecule has 3 atom stereocenters. The molecule has 0 aliphatic heterocycles. The van der Waals surface area contributed by atoms with Crippen molar-refractivity contribution in [2.45, 2.75) is 167 Å². The van der Waals surface area contributed by atoms with Crippen molar-refractivity contribution in [3.05, 3.63) is 12.2 Å². The molecule has 0 saturated heterocycles. The van der Waals surface area contributed by atoms with Crippen LogP contribution in [0.5, 0.6) is 0 Å². The van der Waals surface area contributed by atoms with Gasteiger partial charge in [0.15, 0.2) is 12.1 Å². The van der Waals surface area contributed by atoms with Crippen molar-refractivity contribution in [1.82, 2.24) is 0 Å². The number of quaternary nitrogens is 1. The van der Waals surface area contributed by atoms with Gasteiger partial charge in [-0.1, -0.05) is 109 Å². The minimum atomic E-state index is -4.05. The van der Waals surface area contributed by atoms with Gasteiger partial charge in [0.1, 0.15) is 6.10 Å². The normalized spacial score (nSPS) is 15.4. The highest BCUT2D eigenvalue weighted by Crippen LogP contribution is 2.52. The molecule has 0 aromatic carbocycles. The Bertz CT molecular complexity index is 690. The average molecular weight is 637 g/mol. The highest BCUT2D eigenvalue weighted by molar-refractivity contribution is 7.53. The molecule has 4 N–H and O–H groups in total. The van der Waals surface area contributed by atoms with Gasteiger partial charge in [-0.15, -0.1) is 0 Å². The molecule has 2 unspecified atom stereocenters. The van der Waals surface area contributed by atoms with Crippen molar-refractivity contribution < 1.29 is 38.5 Å². The minimum Gasteiger partial charge on any atom is -0.388 e. The third kappa shape index (κ3) is 25.6. The lowest BCUT2D eigenvalue weighted by Crippen LogP contribution is -2.50. The van der Waals surface area contributed by atoms with E-state index < -0.39 is 25.8 Å². The SMILES string of the molecule is CCCCCCCCCCC/C=C\CCCCCCCCCOC[C@@H](O)COP(=O)(O)C(CCC)[N+](C)(C)CCC(O)O. The number of allylic oxidation sites excluding steroid dienone is 2. The second kappa shape index (κ2) is 28.0. The van der Waals surface area contributed by atoms with Gasteiger partial charge in [0.2, 0.25) is 0 Å². The fourth-order valence-electron chi connectivity index (χ4n) is 5.47. The maximum absolute atomic E-state index is 13.0. The Balaban J connectivity index is 3.74. The Morgan fingerprint density at radius 1 is 0.674 bits per heavy atom. The zero-order chi connectivity index (χ0) is 32.2. The summed E-state index contributed by atoms with van der Waals surface area (Å²) in [5.41, 5.74) is 0. The maximum atomic E-state index is 13.0. The number of rotatable bonds is 32. The van der Waals surface area contributed by atoms with Gasteiger partial charge in [-0.05, 0) is 38.5 Å². The number of aliphatic hydroxyl groups is 3. The second-order valence-electron chi connectivity index (χ2n) is 13.0. The Morgan fingerprint density at radius 3 is 1.65 bits per heavy atom. The van der Waals surface area contributed by atoms with Crippen LogP contribution in [0.4, 0.5) is 0 Å². The van der Waals surface area contributed by atoms with Gasteiger partial charge in [-0.25, -0.2) is 0 Å². The van der Waals surface area contributed by atoms with Gasteiger partial charge in [-0.2, -0.15) is 0 Å². The highest BCUT2D eigenvalue weighted by atomic mass is 31.2. The van der Waals surface area contributed by atoms with Crippen molar-refractivity contribution in [2.75, 3.05) is 40.5 Å². The molecule has 0 fully saturated rings. The van der Waals surface area contributed by atoms with E-state index in [1.165, 1.54) is 103 Å². The molecule has 0 bridgehead atoms. The smallest absolute Gasteiger partial charge is 0.385 e. The monoisotopic (exact) mass is 636 g/mol. The van der Waals surface area contributed by atoms with Gasteiger partial charge in [0, 0.05) is 19.4 Å². The van der Waals surface area contributed by atoms with Crippen LogP contribution in [0.25, 0.3) is 0 Å². The van der Waals surface area contributed by atoms with Crippen LogP contribution in [-0.2, 0) is 13.8 Å². The molecule has 0 rings (SSSR count). The zero-order valence-electron chi connectivity index (χ0n) is 28.5. The first kappa shape index (κ1) is 42.7. The van der Waals surface area contributed by atoms with Crippen molar-refractivity contribution in [1.29, 1.82) is 0 Å². The molecule has 0 saturated carbocycles. The molecule has 43 heavy (non-hydrogen) atoms. The van der Waals surface area contributed by atoms with E-state index in [4.69, 9.17) is 9.26 Å². The standard InChI is InChI=1S/C34H70NO7P/c1-5-7-8-9-10-11-12-13-14-15-16-17-18-19-20-21-22-23-24-25-29-41-30-32(36)31-42-43(39,40)33(26-6-2)35(3,4)28-27-34(37)38/h16-17,32-34,36-38H,5-15,18-31H2,1-4H3/p+1/b17-16-/t32-,33?/m1/s1. The van der Waals surface area contributed by atoms with Crippen molar-refractivity contribution in [3.8, 4) is 0 Å². The van der Waals surface area contributed by atoms with Crippen LogP contribution in [0.1, 0.15) is 149 Å². The van der Waals surface area contributed by atoms with E-state index >= 15 is 0 Å². The fourth-order valence-corrected chi connectivity index (χ4v) is 7.52. The Hall–Kier alpha value is -0.310. The molecule has 0 radical (unpaired) electrons. The van der Waals surface area contributed by atoms with Crippen LogP contribution in [0.15, 0.2) is 12.2 Å². The van der Waals surface area contributed by atoms with Gasteiger partial charge in [-0.3, -0.25) is 4.57 Å². The van der Waals surface area contributed by atoms with Crippen LogP contribution in [0, 0.1) is 0 Å². The summed E-state index contributed by atoms with van der Waals surface area (Å²) in [7, 11) is -0.479. The van der Waals surface area contributed by atoms with Crippen LogP contribution in [-0.4, -0.2) is 83.3 Å². The van der Waals surface area contributed by atoms with E-state index in [1.54, 1.807) is 14.1 Å². The third-order valence-corrected chi connectivity index (χ3v) is 10.4. The fraction of sp³-hybridized carbons (Fsp3) is 0.941. The molecule has 0 heterocycles. The second-order valence-corrected chi connectivity index (χ2v) is 15.0. The van der Waals surface area contributed by atoms with Crippen molar-refractivity contribution in [2.24, 2.45) is 0 Å². The summed E-state index contributed by atoms with van der Waals surface area (Å²) in [4.78, 5) is 10.6. The molecule has 8 nitrogen and oxygen atoms in total. The first-order chi connectivity index (χ1) is 20.6. The number of aliphatic hydroxyl groups excluding tert-OH is 2. The van der Waals surface area contributed by atoms with E-state index in [-0.39, 0.29) is 24.1 Å². The predicted molar refractivity (Wildman–Crippen MR) is 179 cm³/mol. The van der Waals surface area contributed by atoms with Crippen LogP contribution in [0.2, 0.25) is 0 Å². The van der Waals surface area contributed by atoms with E-state index in [0.717, 1.165) is 12.8 Å². The van der Waals surface area contributed by atoms with E-state index in [2.05, 4.69) is 19.1 Å². The Morgan fingerprint density at radius 2 is 1.16 bits per heavy atom. The summed E-state index contributed by atoms with van der Waals surface area (Å²) in [6.07, 6.45) is 26.8. The number of hydrogen-bond acceptors (Lipinski definition) is 6. The molecule has 258 valence electrons. The Kier molecular flexibility index (Phi) is 27.8. The average Bonchev–Trinajstić information content (AvgIpc) is 2.96. The maximum Gasteiger partial charge on any atom is 0.385 e. The van der Waals surface area contributed by atoms with Crippen molar-refractivity contribution >= 4 is 7.60 Å². The van der Waals surface area contributed by atoms with Gasteiger partial charge in [0.05, 0.1) is 33.9 Å². The summed E-state index contributed by atoms with van der Waals surface area (Å²) in [6.45, 7) is 4.87. The van der Waals surface area contributed by atoms with Crippen molar-refractivity contribution in [3.63, 3.8) is 0 Å². The summed E-state index contributed by atoms with van der Waals surface area (Å²) in [5.74, 6) is -0.713. The van der Waals surface area contributed by atoms with Crippen LogP contribution >= 0.6 is 7.60 Å². The summed E-state index contributed by atoms with van der Waals surface area (Å²) in [5, 5.41) is 28.6. The molecule has 0 aliphatic rings. The lowest BCUT2D eigenvalue weighted by molar-refractivity contribution is -0.904. The largest absolute Gasteiger partial charge is 0.388 e. The lowest BCUT2D eigenvalue weighted by Gasteiger charge is -2.39. The highest BCUT2D eigenvalue weighted by Gasteiger charge is 2.44. The lowest BCUT2D eigenvalue weighted by atomic mass is 10.1. The molecular weight excluding hydrogens is 565 g/mol. The number of hydrogen-bond donors (Lipinski definition) is 4. The van der Waals surface area contributed by atoms with E-state index in [1.807, 2.05) is 6.92 Å². The molecule has 9 heteroatoms. The third-order valence-electron chi connectivity index (χ3n) is 8.26. The summed E-state index contributed by atoms with van der Waals surface area (Å²) in [6, 6.07) is 0. The molecule has 0 aliphatic carbocycles. The number of ether oxygens (including phenoxy) is 1. The summed E-state index contributed by atoms with van der Waals surface area (Å²) >= 11 is 0. The summed E-state index contributed by atoms with van der Waals surface area (Å²) < 4.78 is 24.0. The molecular formula is C34H71NO7P+. The number of nitrogens with zero attached hydrogens (tertiary/aromatic N) is 1. The molecule has 0 aromatic heterocycles. The zero-order valence-corrected chi connectivity index (χ0v) is 29.4. The van der Waals surface area contributed by atoms with Crippen LogP contribution in [0.3, 0.4) is 0 Å². The first-order valence-corrected chi connectivity index (χ1v) is 19.3. The van der Waals surface area contributed by atoms with Crippen LogP contribution < -0.4 is 0 Å². The number of unbranched alkanes of at least 4 members (excludes halogenated alkanes) is 16. The first-order valence-electron chi connectivity index (χ1n) is 17.6. The van der Waals surface area contributed by atoms with E-state index in [9.17, 15) is 24.8 Å². The van der Waals surface area contributed by atoms with Gasteiger partial charge >= 0.3 is 7.60 Å². The molecule has 0 amide bonds. The van der Waals surface area contributed by atoms with Gasteiger partial charge in [0.25, 0.3) is 0 Å². The quantitative estimate of drug-likeness (QED) is 0.0194. The predicted octanol–water partition coefficient (Wildman–Crippen LogP) is 8.07. The molecule has 0 aromatic rings.